The average Bonchev–Trinajstić information content (AvgIpc) is 2.67. The van der Waals surface area contributed by atoms with Crippen LogP contribution in [0.25, 0.3) is 10.8 Å². The number of rotatable bonds is 7. The third-order valence-electron chi connectivity index (χ3n) is 4.47. The van der Waals surface area contributed by atoms with E-state index in [1.54, 1.807) is 0 Å². The highest BCUT2D eigenvalue weighted by Gasteiger charge is 2.06. The van der Waals surface area contributed by atoms with Crippen molar-refractivity contribution in [2.24, 2.45) is 0 Å². The molecule has 3 heteroatoms. The van der Waals surface area contributed by atoms with E-state index in [1.165, 1.54) is 16.3 Å². The molecule has 0 aromatic heterocycles. The largest absolute Gasteiger partial charge is 0.373 e. The summed E-state index contributed by atoms with van der Waals surface area (Å²) in [5.41, 5.74) is 2.39. The molecule has 128 valence electrons. The highest BCUT2D eigenvalue weighted by molar-refractivity contribution is 5.86. The first-order valence-electron chi connectivity index (χ1n) is 8.73. The minimum Gasteiger partial charge on any atom is -0.373 e. The molecule has 3 rings (SSSR count). The number of benzene rings is 3. The molecular formula is C22H24N2O. The number of fused-ring (bicyclic) bond motifs is 1. The Kier molecular flexibility index (Phi) is 5.68. The number of nitrogens with zero attached hydrogens (tertiary/aromatic N) is 1. The Balaban J connectivity index is 1.47. The maximum absolute atomic E-state index is 12.1. The molecule has 1 N–H and O–H groups in total. The van der Waals surface area contributed by atoms with Crippen LogP contribution in [-0.2, 0) is 11.2 Å². The highest BCUT2D eigenvalue weighted by Crippen LogP contribution is 2.19. The normalized spacial score (nSPS) is 10.6. The second kappa shape index (κ2) is 8.34. The third kappa shape index (κ3) is 4.60. The molecule has 0 aliphatic carbocycles. The first-order chi connectivity index (χ1) is 12.2. The quantitative estimate of drug-likeness (QED) is 0.708. The molecule has 3 aromatic carbocycles. The summed E-state index contributed by atoms with van der Waals surface area (Å²) in [5, 5.41) is 5.49. The molecule has 0 aliphatic rings. The zero-order valence-corrected chi connectivity index (χ0v) is 14.6. The second-order valence-corrected chi connectivity index (χ2v) is 6.25. The van der Waals surface area contributed by atoms with Gasteiger partial charge in [-0.3, -0.25) is 4.79 Å². The summed E-state index contributed by atoms with van der Waals surface area (Å²) in [6.07, 6.45) is 1.28. The summed E-state index contributed by atoms with van der Waals surface area (Å²) in [4.78, 5) is 14.3. The van der Waals surface area contributed by atoms with Crippen molar-refractivity contribution in [3.8, 4) is 0 Å². The monoisotopic (exact) mass is 332 g/mol. The number of carbonyl (C=O) groups is 1. The van der Waals surface area contributed by atoms with Crippen molar-refractivity contribution < 1.29 is 4.79 Å². The van der Waals surface area contributed by atoms with Gasteiger partial charge in [-0.25, -0.2) is 0 Å². The van der Waals surface area contributed by atoms with E-state index in [-0.39, 0.29) is 5.91 Å². The van der Waals surface area contributed by atoms with Gasteiger partial charge >= 0.3 is 0 Å². The van der Waals surface area contributed by atoms with E-state index < -0.39 is 0 Å². The van der Waals surface area contributed by atoms with Crippen LogP contribution in [0.5, 0.6) is 0 Å². The number of para-hydroxylation sites is 1. The van der Waals surface area contributed by atoms with Crippen molar-refractivity contribution in [2.45, 2.75) is 12.8 Å². The lowest BCUT2D eigenvalue weighted by atomic mass is 10.0. The standard InChI is InChI=1S/C22H24N2O/c1-24(20-11-3-2-4-12-20)17-16-23-22(25)15-14-19-10-7-9-18-8-5-6-13-21(18)19/h2-13H,14-17H2,1H3,(H,23,25). The van der Waals surface area contributed by atoms with E-state index in [1.807, 2.05) is 37.4 Å². The average molecular weight is 332 g/mol. The molecule has 0 fully saturated rings. The van der Waals surface area contributed by atoms with Gasteiger partial charge in [-0.2, -0.15) is 0 Å². The van der Waals surface area contributed by atoms with E-state index in [0.717, 1.165) is 18.7 Å². The van der Waals surface area contributed by atoms with Gasteiger partial charge in [0.2, 0.25) is 5.91 Å². The molecule has 0 heterocycles. The number of likely N-dealkylation sites (N-methyl/N-ethyl adjacent to an activating group) is 1. The summed E-state index contributed by atoms with van der Waals surface area (Å²) in [6.45, 7) is 1.45. The Hall–Kier alpha value is -2.81. The Morgan fingerprint density at radius 3 is 2.48 bits per heavy atom. The van der Waals surface area contributed by atoms with Gasteiger partial charge in [-0.1, -0.05) is 60.7 Å². The van der Waals surface area contributed by atoms with Crippen molar-refractivity contribution in [2.75, 3.05) is 25.0 Å². The van der Waals surface area contributed by atoms with Crippen LogP contribution in [0.2, 0.25) is 0 Å². The molecule has 0 radical (unpaired) electrons. The van der Waals surface area contributed by atoms with Gasteiger partial charge in [-0.05, 0) is 34.9 Å². The molecule has 0 atom stereocenters. The first-order valence-corrected chi connectivity index (χ1v) is 8.73. The number of aryl methyl sites for hydroxylation is 1. The molecule has 0 saturated heterocycles. The summed E-state index contributed by atoms with van der Waals surface area (Å²) in [5.74, 6) is 0.106. The van der Waals surface area contributed by atoms with Crippen molar-refractivity contribution in [3.05, 3.63) is 78.4 Å². The van der Waals surface area contributed by atoms with E-state index >= 15 is 0 Å². The molecule has 1 amide bonds. The van der Waals surface area contributed by atoms with E-state index in [9.17, 15) is 4.79 Å². The van der Waals surface area contributed by atoms with Crippen molar-refractivity contribution >= 4 is 22.4 Å². The number of carbonyl (C=O) groups excluding carboxylic acids is 1. The Bertz CT molecular complexity index is 824. The van der Waals surface area contributed by atoms with E-state index in [0.29, 0.717) is 13.0 Å². The minimum atomic E-state index is 0.106. The molecule has 3 aromatic rings. The van der Waals surface area contributed by atoms with Crippen LogP contribution in [0.15, 0.2) is 72.8 Å². The molecule has 0 saturated carbocycles. The predicted octanol–water partition coefficient (Wildman–Crippen LogP) is 4.03. The lowest BCUT2D eigenvalue weighted by molar-refractivity contribution is -0.120. The van der Waals surface area contributed by atoms with E-state index in [4.69, 9.17) is 0 Å². The van der Waals surface area contributed by atoms with Crippen molar-refractivity contribution in [1.29, 1.82) is 0 Å². The molecule has 0 unspecified atom stereocenters. The summed E-state index contributed by atoms with van der Waals surface area (Å²) in [6, 6.07) is 24.8. The van der Waals surface area contributed by atoms with Crippen LogP contribution in [-0.4, -0.2) is 26.0 Å². The van der Waals surface area contributed by atoms with Crippen molar-refractivity contribution in [3.63, 3.8) is 0 Å². The summed E-state index contributed by atoms with van der Waals surface area (Å²) in [7, 11) is 2.04. The fourth-order valence-corrected chi connectivity index (χ4v) is 3.02. The highest BCUT2D eigenvalue weighted by atomic mass is 16.1. The Morgan fingerprint density at radius 2 is 1.64 bits per heavy atom. The maximum Gasteiger partial charge on any atom is 0.220 e. The number of nitrogens with one attached hydrogen (secondary N) is 1. The Morgan fingerprint density at radius 1 is 0.920 bits per heavy atom. The zero-order valence-electron chi connectivity index (χ0n) is 14.6. The number of hydrogen-bond donors (Lipinski definition) is 1. The van der Waals surface area contributed by atoms with Crippen LogP contribution in [0.3, 0.4) is 0 Å². The van der Waals surface area contributed by atoms with Gasteiger partial charge in [0.05, 0.1) is 0 Å². The first kappa shape index (κ1) is 17.0. The van der Waals surface area contributed by atoms with Gasteiger partial charge in [0, 0.05) is 32.2 Å². The lowest BCUT2D eigenvalue weighted by Crippen LogP contribution is -2.33. The SMILES string of the molecule is CN(CCNC(=O)CCc1cccc2ccccc12)c1ccccc1. The number of hydrogen-bond acceptors (Lipinski definition) is 2. The summed E-state index contributed by atoms with van der Waals surface area (Å²) < 4.78 is 0. The van der Waals surface area contributed by atoms with Gasteiger partial charge in [0.1, 0.15) is 0 Å². The minimum absolute atomic E-state index is 0.106. The number of anilines is 1. The molecule has 0 spiro atoms. The summed E-state index contributed by atoms with van der Waals surface area (Å²) >= 11 is 0. The maximum atomic E-state index is 12.1. The second-order valence-electron chi connectivity index (χ2n) is 6.25. The predicted molar refractivity (Wildman–Crippen MR) is 105 cm³/mol. The molecule has 0 bridgehead atoms. The van der Waals surface area contributed by atoms with Crippen molar-refractivity contribution in [1.82, 2.24) is 5.32 Å². The zero-order chi connectivity index (χ0) is 17.5. The fraction of sp³-hybridized carbons (Fsp3) is 0.227. The molecule has 0 aliphatic heterocycles. The molecule has 25 heavy (non-hydrogen) atoms. The van der Waals surface area contributed by atoms with Crippen LogP contribution in [0, 0.1) is 0 Å². The topological polar surface area (TPSA) is 32.3 Å². The third-order valence-corrected chi connectivity index (χ3v) is 4.47. The van der Waals surface area contributed by atoms with Crippen LogP contribution in [0.4, 0.5) is 5.69 Å². The number of amides is 1. The van der Waals surface area contributed by atoms with Gasteiger partial charge in [0.25, 0.3) is 0 Å². The van der Waals surface area contributed by atoms with Gasteiger partial charge in [0.15, 0.2) is 0 Å². The van der Waals surface area contributed by atoms with Gasteiger partial charge in [-0.15, -0.1) is 0 Å². The van der Waals surface area contributed by atoms with E-state index in [2.05, 4.69) is 52.7 Å². The van der Waals surface area contributed by atoms with Gasteiger partial charge < -0.3 is 10.2 Å². The lowest BCUT2D eigenvalue weighted by Gasteiger charge is -2.19. The van der Waals surface area contributed by atoms with Crippen LogP contribution >= 0.6 is 0 Å². The van der Waals surface area contributed by atoms with Crippen LogP contribution in [0.1, 0.15) is 12.0 Å². The smallest absolute Gasteiger partial charge is 0.220 e. The molecular weight excluding hydrogens is 308 g/mol. The van der Waals surface area contributed by atoms with Crippen LogP contribution < -0.4 is 10.2 Å². The Labute approximate surface area is 149 Å². The molecule has 3 nitrogen and oxygen atoms in total. The fourth-order valence-electron chi connectivity index (χ4n) is 3.02.